The molecule has 0 saturated heterocycles. The van der Waals surface area contributed by atoms with Gasteiger partial charge < -0.3 is 19.0 Å². The lowest BCUT2D eigenvalue weighted by molar-refractivity contribution is 0.180. The van der Waals surface area contributed by atoms with Crippen molar-refractivity contribution in [3.8, 4) is 0 Å². The zero-order valence-corrected chi connectivity index (χ0v) is 8.02. The standard InChI is InChI=1S/C9H14O5/c1-6(11)3-2-4-7-8(5-10)14-9(12)13-7/h6,10-11H,2-5H2,1H3/t6-/m0/s1. The zero-order chi connectivity index (χ0) is 10.6. The number of hydrogen-bond acceptors (Lipinski definition) is 5. The van der Waals surface area contributed by atoms with Gasteiger partial charge in [-0.3, -0.25) is 0 Å². The second kappa shape index (κ2) is 4.97. The van der Waals surface area contributed by atoms with E-state index in [1.54, 1.807) is 6.92 Å². The largest absolute Gasteiger partial charge is 0.519 e. The van der Waals surface area contributed by atoms with Gasteiger partial charge >= 0.3 is 5.82 Å². The molecule has 1 atom stereocenters. The van der Waals surface area contributed by atoms with Crippen molar-refractivity contribution in [1.82, 2.24) is 0 Å². The molecule has 0 bridgehead atoms. The molecule has 0 fully saturated rings. The lowest BCUT2D eigenvalue weighted by atomic mass is 10.1. The van der Waals surface area contributed by atoms with E-state index < -0.39 is 5.82 Å². The molecule has 1 heterocycles. The molecule has 2 N–H and O–H groups in total. The van der Waals surface area contributed by atoms with Crippen molar-refractivity contribution in [1.29, 1.82) is 0 Å². The second-order valence-electron chi connectivity index (χ2n) is 3.20. The molecule has 0 saturated carbocycles. The fourth-order valence-corrected chi connectivity index (χ4v) is 1.20. The number of aryl methyl sites for hydroxylation is 1. The van der Waals surface area contributed by atoms with Crippen LogP contribution >= 0.6 is 0 Å². The van der Waals surface area contributed by atoms with E-state index in [4.69, 9.17) is 14.6 Å². The first-order valence-corrected chi connectivity index (χ1v) is 4.54. The smallest absolute Gasteiger partial charge is 0.396 e. The Bertz CT molecular complexity index is 322. The molecule has 1 aromatic heterocycles. The molecule has 5 nitrogen and oxygen atoms in total. The van der Waals surface area contributed by atoms with Crippen LogP contribution < -0.4 is 5.82 Å². The fraction of sp³-hybridized carbons (Fsp3) is 0.667. The monoisotopic (exact) mass is 202 g/mol. The van der Waals surface area contributed by atoms with E-state index >= 15 is 0 Å². The lowest BCUT2D eigenvalue weighted by Gasteiger charge is -2.01. The van der Waals surface area contributed by atoms with Gasteiger partial charge in [0.05, 0.1) is 6.10 Å². The second-order valence-corrected chi connectivity index (χ2v) is 3.20. The molecule has 0 aliphatic carbocycles. The van der Waals surface area contributed by atoms with Crippen molar-refractivity contribution in [2.45, 2.75) is 38.9 Å². The predicted octanol–water partition coefficient (Wildman–Crippen LogP) is 0.429. The summed E-state index contributed by atoms with van der Waals surface area (Å²) in [5.74, 6) is -0.236. The maximum atomic E-state index is 10.7. The minimum atomic E-state index is -0.791. The van der Waals surface area contributed by atoms with Gasteiger partial charge in [-0.05, 0) is 19.8 Å². The maximum Gasteiger partial charge on any atom is 0.519 e. The first-order valence-electron chi connectivity index (χ1n) is 4.54. The Labute approximate surface area is 81.0 Å². The number of aliphatic hydroxyl groups is 2. The summed E-state index contributed by atoms with van der Waals surface area (Å²) in [7, 11) is 0. The quantitative estimate of drug-likeness (QED) is 0.723. The van der Waals surface area contributed by atoms with Crippen LogP contribution in [0.1, 0.15) is 31.3 Å². The van der Waals surface area contributed by atoms with Crippen molar-refractivity contribution in [3.05, 3.63) is 22.1 Å². The molecule has 14 heavy (non-hydrogen) atoms. The lowest BCUT2D eigenvalue weighted by Crippen LogP contribution is -2.00. The van der Waals surface area contributed by atoms with Gasteiger partial charge in [-0.25, -0.2) is 4.79 Å². The van der Waals surface area contributed by atoms with Gasteiger partial charge in [-0.2, -0.15) is 0 Å². The van der Waals surface area contributed by atoms with Crippen LogP contribution in [0.5, 0.6) is 0 Å². The SMILES string of the molecule is C[C@H](O)CCCc1oc(=O)oc1CO. The summed E-state index contributed by atoms with van der Waals surface area (Å²) in [4.78, 5) is 10.7. The number of aliphatic hydroxyl groups excluding tert-OH is 2. The summed E-state index contributed by atoms with van der Waals surface area (Å²) in [6, 6.07) is 0. The van der Waals surface area contributed by atoms with Crippen LogP contribution in [0.3, 0.4) is 0 Å². The number of hydrogen-bond donors (Lipinski definition) is 2. The summed E-state index contributed by atoms with van der Waals surface area (Å²) in [6.45, 7) is 1.36. The van der Waals surface area contributed by atoms with E-state index in [0.717, 1.165) is 0 Å². The third-order valence-electron chi connectivity index (χ3n) is 1.89. The van der Waals surface area contributed by atoms with E-state index in [1.165, 1.54) is 0 Å². The predicted molar refractivity (Wildman–Crippen MR) is 47.8 cm³/mol. The van der Waals surface area contributed by atoms with E-state index in [9.17, 15) is 4.79 Å². The highest BCUT2D eigenvalue weighted by Gasteiger charge is 2.11. The van der Waals surface area contributed by atoms with E-state index in [2.05, 4.69) is 4.42 Å². The normalized spacial score (nSPS) is 13.1. The average molecular weight is 202 g/mol. The van der Waals surface area contributed by atoms with Gasteiger partial charge in [0.2, 0.25) is 0 Å². The molecular weight excluding hydrogens is 188 g/mol. The molecule has 5 heteroatoms. The highest BCUT2D eigenvalue weighted by atomic mass is 16.6. The van der Waals surface area contributed by atoms with Gasteiger partial charge in [0.15, 0.2) is 11.5 Å². The Morgan fingerprint density at radius 1 is 1.36 bits per heavy atom. The van der Waals surface area contributed by atoms with E-state index in [1.807, 2.05) is 0 Å². The van der Waals surface area contributed by atoms with E-state index in [0.29, 0.717) is 25.0 Å². The van der Waals surface area contributed by atoms with Crippen molar-refractivity contribution in [2.75, 3.05) is 0 Å². The topological polar surface area (TPSA) is 83.8 Å². The van der Waals surface area contributed by atoms with Crippen molar-refractivity contribution in [3.63, 3.8) is 0 Å². The van der Waals surface area contributed by atoms with Gasteiger partial charge in [0.1, 0.15) is 6.61 Å². The molecule has 0 aromatic carbocycles. The fourth-order valence-electron chi connectivity index (χ4n) is 1.20. The summed E-state index contributed by atoms with van der Waals surface area (Å²) < 4.78 is 9.31. The van der Waals surface area contributed by atoms with Crippen LogP contribution in [-0.4, -0.2) is 16.3 Å². The van der Waals surface area contributed by atoms with Gasteiger partial charge in [0.25, 0.3) is 0 Å². The van der Waals surface area contributed by atoms with E-state index in [-0.39, 0.29) is 18.5 Å². The van der Waals surface area contributed by atoms with Crippen LogP contribution in [0, 0.1) is 0 Å². The Balaban J connectivity index is 2.53. The first kappa shape index (κ1) is 11.0. The third-order valence-corrected chi connectivity index (χ3v) is 1.89. The van der Waals surface area contributed by atoms with Gasteiger partial charge in [-0.1, -0.05) is 0 Å². The summed E-state index contributed by atoms with van der Waals surface area (Å²) in [5, 5.41) is 17.8. The summed E-state index contributed by atoms with van der Waals surface area (Å²) in [6.07, 6.45) is 1.44. The molecule has 0 unspecified atom stereocenters. The summed E-state index contributed by atoms with van der Waals surface area (Å²) >= 11 is 0. The van der Waals surface area contributed by atoms with Crippen LogP contribution in [0.25, 0.3) is 0 Å². The molecule has 80 valence electrons. The summed E-state index contributed by atoms with van der Waals surface area (Å²) in [5.41, 5.74) is 0. The number of rotatable bonds is 5. The third kappa shape index (κ3) is 3.01. The molecule has 0 amide bonds. The molecule has 0 aliphatic rings. The Kier molecular flexibility index (Phi) is 3.91. The molecule has 0 aliphatic heterocycles. The molecule has 0 spiro atoms. The minimum Gasteiger partial charge on any atom is -0.396 e. The van der Waals surface area contributed by atoms with Crippen molar-refractivity contribution < 1.29 is 19.0 Å². The van der Waals surface area contributed by atoms with Crippen molar-refractivity contribution in [2.24, 2.45) is 0 Å². The first-order chi connectivity index (χ1) is 6.63. The van der Waals surface area contributed by atoms with Gasteiger partial charge in [0, 0.05) is 6.42 Å². The average Bonchev–Trinajstić information content (AvgIpc) is 2.45. The maximum absolute atomic E-state index is 10.7. The Morgan fingerprint density at radius 3 is 2.57 bits per heavy atom. The highest BCUT2D eigenvalue weighted by Crippen LogP contribution is 2.11. The van der Waals surface area contributed by atoms with Crippen LogP contribution in [0.4, 0.5) is 0 Å². The highest BCUT2D eigenvalue weighted by molar-refractivity contribution is 5.01. The van der Waals surface area contributed by atoms with Crippen LogP contribution in [-0.2, 0) is 13.0 Å². The molecule has 0 radical (unpaired) electrons. The Morgan fingerprint density at radius 2 is 2.00 bits per heavy atom. The molecule has 1 rings (SSSR count). The van der Waals surface area contributed by atoms with Crippen LogP contribution in [0.2, 0.25) is 0 Å². The van der Waals surface area contributed by atoms with Crippen LogP contribution in [0.15, 0.2) is 13.6 Å². The Hall–Kier alpha value is -1.07. The zero-order valence-electron chi connectivity index (χ0n) is 8.02. The van der Waals surface area contributed by atoms with Crippen molar-refractivity contribution >= 4 is 0 Å². The molecular formula is C9H14O5. The van der Waals surface area contributed by atoms with Gasteiger partial charge in [-0.15, -0.1) is 0 Å². The minimum absolute atomic E-state index is 0.181. The molecule has 1 aromatic rings.